The smallest absolute Gasteiger partial charge is 0.0946 e. The first kappa shape index (κ1) is 15.0. The van der Waals surface area contributed by atoms with E-state index in [1.165, 1.54) is 0 Å². The highest BCUT2D eigenvalue weighted by atomic mass is 79.9. The Kier molecular flexibility index (Phi) is 4.70. The van der Waals surface area contributed by atoms with E-state index in [-0.39, 0.29) is 5.92 Å². The second-order valence-corrected chi connectivity index (χ2v) is 6.19. The first-order valence-electron chi connectivity index (χ1n) is 7.07. The number of aliphatic hydroxyl groups excluding tert-OH is 1. The number of rotatable bonds is 6. The SMILES string of the molecule is OC(c1ccc(Br)cc1)C(Cn1ccnc1)Cn1ccnc1. The molecule has 114 valence electrons. The highest BCUT2D eigenvalue weighted by Gasteiger charge is 2.22. The van der Waals surface area contributed by atoms with E-state index in [2.05, 4.69) is 25.9 Å². The molecule has 2 aromatic heterocycles. The van der Waals surface area contributed by atoms with Gasteiger partial charge < -0.3 is 14.2 Å². The van der Waals surface area contributed by atoms with E-state index >= 15 is 0 Å². The Morgan fingerprint density at radius 3 is 1.95 bits per heavy atom. The molecule has 1 aromatic carbocycles. The average molecular weight is 361 g/mol. The van der Waals surface area contributed by atoms with Crippen LogP contribution < -0.4 is 0 Å². The van der Waals surface area contributed by atoms with Crippen molar-refractivity contribution in [1.82, 2.24) is 19.1 Å². The van der Waals surface area contributed by atoms with Gasteiger partial charge in [0.1, 0.15) is 0 Å². The number of benzene rings is 1. The summed E-state index contributed by atoms with van der Waals surface area (Å²) in [5.41, 5.74) is 0.911. The summed E-state index contributed by atoms with van der Waals surface area (Å²) >= 11 is 3.42. The molecule has 0 aliphatic carbocycles. The van der Waals surface area contributed by atoms with Crippen molar-refractivity contribution in [2.75, 3.05) is 0 Å². The third-order valence-electron chi connectivity index (χ3n) is 3.67. The van der Waals surface area contributed by atoms with Crippen LogP contribution in [0.3, 0.4) is 0 Å². The van der Waals surface area contributed by atoms with Gasteiger partial charge in [0, 0.05) is 48.3 Å². The molecule has 1 unspecified atom stereocenters. The van der Waals surface area contributed by atoms with Crippen LogP contribution in [0.2, 0.25) is 0 Å². The summed E-state index contributed by atoms with van der Waals surface area (Å²) in [6.07, 6.45) is 10.3. The minimum Gasteiger partial charge on any atom is -0.388 e. The lowest BCUT2D eigenvalue weighted by Gasteiger charge is -2.24. The van der Waals surface area contributed by atoms with Crippen molar-refractivity contribution in [2.24, 2.45) is 5.92 Å². The molecule has 0 fully saturated rings. The van der Waals surface area contributed by atoms with Gasteiger partial charge in [-0.2, -0.15) is 0 Å². The molecule has 0 aliphatic rings. The molecule has 0 spiro atoms. The van der Waals surface area contributed by atoms with Crippen LogP contribution in [-0.4, -0.2) is 24.2 Å². The van der Waals surface area contributed by atoms with E-state index in [0.717, 1.165) is 10.0 Å². The lowest BCUT2D eigenvalue weighted by molar-refractivity contribution is 0.0866. The Labute approximate surface area is 137 Å². The predicted molar refractivity (Wildman–Crippen MR) is 87.0 cm³/mol. The van der Waals surface area contributed by atoms with E-state index in [1.807, 2.05) is 45.8 Å². The molecular weight excluding hydrogens is 344 g/mol. The minimum absolute atomic E-state index is 0.0181. The van der Waals surface area contributed by atoms with Crippen LogP contribution in [0.1, 0.15) is 11.7 Å². The van der Waals surface area contributed by atoms with Crippen molar-refractivity contribution in [3.8, 4) is 0 Å². The Morgan fingerprint density at radius 1 is 0.955 bits per heavy atom. The zero-order valence-corrected chi connectivity index (χ0v) is 13.5. The quantitative estimate of drug-likeness (QED) is 0.735. The number of aliphatic hydroxyl groups is 1. The fourth-order valence-electron chi connectivity index (χ4n) is 2.52. The van der Waals surface area contributed by atoms with Gasteiger partial charge in [0.15, 0.2) is 0 Å². The number of nitrogens with zero attached hydrogens (tertiary/aromatic N) is 4. The summed E-state index contributed by atoms with van der Waals surface area (Å²) < 4.78 is 4.98. The van der Waals surface area contributed by atoms with Crippen molar-refractivity contribution in [2.45, 2.75) is 19.2 Å². The normalized spacial score (nSPS) is 12.7. The second kappa shape index (κ2) is 6.89. The third-order valence-corrected chi connectivity index (χ3v) is 4.20. The van der Waals surface area contributed by atoms with Gasteiger partial charge in [-0.15, -0.1) is 0 Å². The average Bonchev–Trinajstić information content (AvgIpc) is 3.20. The van der Waals surface area contributed by atoms with Gasteiger partial charge in [-0.25, -0.2) is 9.97 Å². The van der Waals surface area contributed by atoms with Crippen molar-refractivity contribution in [3.63, 3.8) is 0 Å². The zero-order chi connectivity index (χ0) is 15.4. The summed E-state index contributed by atoms with van der Waals surface area (Å²) in [6, 6.07) is 7.79. The van der Waals surface area contributed by atoms with Gasteiger partial charge in [-0.05, 0) is 17.7 Å². The largest absolute Gasteiger partial charge is 0.388 e. The molecule has 22 heavy (non-hydrogen) atoms. The van der Waals surface area contributed by atoms with E-state index in [4.69, 9.17) is 0 Å². The molecule has 0 aliphatic heterocycles. The van der Waals surface area contributed by atoms with Crippen LogP contribution in [0, 0.1) is 5.92 Å². The van der Waals surface area contributed by atoms with Crippen LogP contribution in [-0.2, 0) is 13.1 Å². The van der Waals surface area contributed by atoms with E-state index in [9.17, 15) is 5.11 Å². The molecule has 0 amide bonds. The maximum atomic E-state index is 10.8. The molecular formula is C16H17BrN4O. The molecule has 2 heterocycles. The number of hydrogen-bond acceptors (Lipinski definition) is 3. The van der Waals surface area contributed by atoms with Crippen molar-refractivity contribution < 1.29 is 5.11 Å². The summed E-state index contributed by atoms with van der Waals surface area (Å²) in [7, 11) is 0. The molecule has 6 heteroatoms. The standard InChI is InChI=1S/C16H17BrN4O/c17-15-3-1-13(2-4-15)16(22)14(9-20-7-5-18-11-20)10-21-8-6-19-12-21/h1-8,11-12,14,16,22H,9-10H2. The Bertz CT molecular complexity index is 643. The second-order valence-electron chi connectivity index (χ2n) is 5.28. The fourth-order valence-corrected chi connectivity index (χ4v) is 2.78. The first-order chi connectivity index (χ1) is 10.7. The Balaban J connectivity index is 1.81. The van der Waals surface area contributed by atoms with Crippen LogP contribution in [0.5, 0.6) is 0 Å². The van der Waals surface area contributed by atoms with E-state index < -0.39 is 6.10 Å². The summed E-state index contributed by atoms with van der Waals surface area (Å²) in [5.74, 6) is 0.0181. The van der Waals surface area contributed by atoms with Crippen LogP contribution in [0.15, 0.2) is 66.2 Å². The highest BCUT2D eigenvalue weighted by Crippen LogP contribution is 2.26. The number of imidazole rings is 2. The lowest BCUT2D eigenvalue weighted by atomic mass is 9.95. The molecule has 0 saturated heterocycles. The predicted octanol–water partition coefficient (Wildman–Crippen LogP) is 2.89. The van der Waals surface area contributed by atoms with Gasteiger partial charge >= 0.3 is 0 Å². The molecule has 1 atom stereocenters. The third kappa shape index (κ3) is 3.64. The lowest BCUT2D eigenvalue weighted by Crippen LogP contribution is -2.23. The zero-order valence-electron chi connectivity index (χ0n) is 12.0. The van der Waals surface area contributed by atoms with Crippen molar-refractivity contribution in [3.05, 3.63) is 71.7 Å². The minimum atomic E-state index is -0.558. The topological polar surface area (TPSA) is 55.9 Å². The maximum absolute atomic E-state index is 10.8. The highest BCUT2D eigenvalue weighted by molar-refractivity contribution is 9.10. The molecule has 3 aromatic rings. The van der Waals surface area contributed by atoms with Crippen molar-refractivity contribution >= 4 is 15.9 Å². The molecule has 0 saturated carbocycles. The molecule has 5 nitrogen and oxygen atoms in total. The van der Waals surface area contributed by atoms with Crippen LogP contribution in [0.4, 0.5) is 0 Å². The number of aromatic nitrogens is 4. The summed E-state index contributed by atoms with van der Waals surface area (Å²) in [6.45, 7) is 1.38. The molecule has 3 rings (SSSR count). The van der Waals surface area contributed by atoms with Crippen LogP contribution in [0.25, 0.3) is 0 Å². The summed E-state index contributed by atoms with van der Waals surface area (Å²) in [5, 5.41) is 10.8. The molecule has 0 bridgehead atoms. The Hall–Kier alpha value is -1.92. The van der Waals surface area contributed by atoms with Gasteiger partial charge in [0.25, 0.3) is 0 Å². The number of halogens is 1. The molecule has 0 radical (unpaired) electrons. The fraction of sp³-hybridized carbons (Fsp3) is 0.250. The van der Waals surface area contributed by atoms with E-state index in [0.29, 0.717) is 13.1 Å². The van der Waals surface area contributed by atoms with E-state index in [1.54, 1.807) is 25.0 Å². The maximum Gasteiger partial charge on any atom is 0.0946 e. The van der Waals surface area contributed by atoms with Gasteiger partial charge in [0.05, 0.1) is 18.8 Å². The summed E-state index contributed by atoms with van der Waals surface area (Å²) in [4.78, 5) is 8.14. The van der Waals surface area contributed by atoms with Gasteiger partial charge in [-0.3, -0.25) is 0 Å². The molecule has 1 N–H and O–H groups in total. The van der Waals surface area contributed by atoms with Crippen molar-refractivity contribution in [1.29, 1.82) is 0 Å². The number of hydrogen-bond donors (Lipinski definition) is 1. The van der Waals surface area contributed by atoms with Crippen LogP contribution >= 0.6 is 15.9 Å². The first-order valence-corrected chi connectivity index (χ1v) is 7.86. The van der Waals surface area contributed by atoms with Gasteiger partial charge in [-0.1, -0.05) is 28.1 Å². The van der Waals surface area contributed by atoms with Gasteiger partial charge in [0.2, 0.25) is 0 Å². The monoisotopic (exact) mass is 360 g/mol. The Morgan fingerprint density at radius 2 is 1.50 bits per heavy atom.